The number of aromatic amines is 1. The molecule has 0 aliphatic rings. The van der Waals surface area contributed by atoms with Gasteiger partial charge >= 0.3 is 0 Å². The fourth-order valence-electron chi connectivity index (χ4n) is 2.99. The van der Waals surface area contributed by atoms with Gasteiger partial charge in [0.15, 0.2) is 5.82 Å². The molecule has 0 amide bonds. The fourth-order valence-corrected chi connectivity index (χ4v) is 3.55. The number of H-pyrrole nitrogens is 1. The first-order chi connectivity index (χ1) is 13.9. The van der Waals surface area contributed by atoms with Gasteiger partial charge in [0, 0.05) is 35.4 Å². The molecule has 0 aliphatic carbocycles. The van der Waals surface area contributed by atoms with E-state index in [1.807, 2.05) is 55.6 Å². The fraction of sp³-hybridized carbons (Fsp3) is 0.100. The van der Waals surface area contributed by atoms with E-state index >= 15 is 0 Å². The normalized spacial score (nSPS) is 11.4. The lowest BCUT2D eigenvalue weighted by Gasteiger charge is -2.10. The molecule has 3 N–H and O–H groups in total. The van der Waals surface area contributed by atoms with Crippen LogP contribution in [0.15, 0.2) is 67.0 Å². The van der Waals surface area contributed by atoms with Gasteiger partial charge in [0.05, 0.1) is 17.6 Å². The minimum atomic E-state index is -3.31. The Hall–Kier alpha value is -3.59. The summed E-state index contributed by atoms with van der Waals surface area (Å²) in [5.74, 6) is 0.663. The summed E-state index contributed by atoms with van der Waals surface area (Å²) in [5.41, 5.74) is 5.07. The Morgan fingerprint density at radius 2 is 1.93 bits per heavy atom. The molecule has 148 valence electrons. The summed E-state index contributed by atoms with van der Waals surface area (Å²) >= 11 is 0. The van der Waals surface area contributed by atoms with Crippen LogP contribution >= 0.6 is 0 Å². The molecule has 4 rings (SSSR count). The molecular formula is C20H20N6O2S. The van der Waals surface area contributed by atoms with Gasteiger partial charge in [-0.25, -0.2) is 13.1 Å². The van der Waals surface area contributed by atoms with E-state index < -0.39 is 10.0 Å². The summed E-state index contributed by atoms with van der Waals surface area (Å²) in [6.07, 6.45) is 4.76. The maximum atomic E-state index is 11.4. The van der Waals surface area contributed by atoms with Gasteiger partial charge in [0.25, 0.3) is 0 Å². The summed E-state index contributed by atoms with van der Waals surface area (Å²) < 4.78 is 27.0. The molecule has 0 fully saturated rings. The molecule has 0 saturated heterocycles. The highest BCUT2D eigenvalue weighted by Gasteiger charge is 2.08. The van der Waals surface area contributed by atoms with Gasteiger partial charge in [0.1, 0.15) is 0 Å². The van der Waals surface area contributed by atoms with Crippen molar-refractivity contribution in [3.63, 3.8) is 0 Å². The van der Waals surface area contributed by atoms with Crippen molar-refractivity contribution >= 4 is 27.2 Å². The van der Waals surface area contributed by atoms with Crippen molar-refractivity contribution in [2.24, 2.45) is 0 Å². The zero-order valence-corrected chi connectivity index (χ0v) is 16.7. The second kappa shape index (κ2) is 7.44. The zero-order chi connectivity index (χ0) is 20.4. The first-order valence-electron chi connectivity index (χ1n) is 8.89. The van der Waals surface area contributed by atoms with Gasteiger partial charge in [-0.1, -0.05) is 12.1 Å². The van der Waals surface area contributed by atoms with E-state index in [4.69, 9.17) is 0 Å². The van der Waals surface area contributed by atoms with Gasteiger partial charge in [-0.2, -0.15) is 10.2 Å². The van der Waals surface area contributed by atoms with Crippen molar-refractivity contribution in [1.29, 1.82) is 0 Å². The van der Waals surface area contributed by atoms with Crippen LogP contribution in [0.5, 0.6) is 0 Å². The van der Waals surface area contributed by atoms with Gasteiger partial charge in [-0.15, -0.1) is 0 Å². The highest BCUT2D eigenvalue weighted by Crippen LogP contribution is 2.26. The Kier molecular flexibility index (Phi) is 4.81. The van der Waals surface area contributed by atoms with Crippen LogP contribution in [0.3, 0.4) is 0 Å². The van der Waals surface area contributed by atoms with Crippen LogP contribution in [0.25, 0.3) is 16.9 Å². The minimum absolute atomic E-state index is 0.522. The number of aromatic nitrogens is 4. The maximum Gasteiger partial charge on any atom is 0.229 e. The Morgan fingerprint density at radius 1 is 1.07 bits per heavy atom. The third kappa shape index (κ3) is 4.46. The van der Waals surface area contributed by atoms with Gasteiger partial charge in [0.2, 0.25) is 10.0 Å². The predicted octanol–water partition coefficient (Wildman–Crippen LogP) is 3.69. The number of anilines is 3. The first-order valence-corrected chi connectivity index (χ1v) is 10.8. The molecular weight excluding hydrogens is 388 g/mol. The highest BCUT2D eigenvalue weighted by atomic mass is 32.2. The third-order valence-electron chi connectivity index (χ3n) is 4.30. The Balaban J connectivity index is 1.54. The highest BCUT2D eigenvalue weighted by molar-refractivity contribution is 7.92. The molecule has 9 heteroatoms. The monoisotopic (exact) mass is 408 g/mol. The molecule has 4 aromatic rings. The standard InChI is InChI=1S/C20H20N6O2S/c1-14-11-16(25-29(2,27)28)7-8-18(14)22-20-13-19(23-24-20)15-5-3-6-17(12-15)26-10-4-9-21-26/h3-13,25H,1-2H3,(H2,22,23,24). The van der Waals surface area contributed by atoms with Crippen LogP contribution in [0.1, 0.15) is 5.56 Å². The summed E-state index contributed by atoms with van der Waals surface area (Å²) in [6, 6.07) is 17.1. The number of benzene rings is 2. The largest absolute Gasteiger partial charge is 0.339 e. The van der Waals surface area contributed by atoms with E-state index in [0.29, 0.717) is 11.5 Å². The van der Waals surface area contributed by atoms with Crippen molar-refractivity contribution < 1.29 is 8.42 Å². The summed E-state index contributed by atoms with van der Waals surface area (Å²) in [7, 11) is -3.31. The van der Waals surface area contributed by atoms with E-state index in [1.165, 1.54) is 0 Å². The number of aryl methyl sites for hydroxylation is 1. The Labute approximate surface area is 168 Å². The second-order valence-corrected chi connectivity index (χ2v) is 8.45. The summed E-state index contributed by atoms with van der Waals surface area (Å²) in [4.78, 5) is 0. The SMILES string of the molecule is Cc1cc(NS(C)(=O)=O)ccc1Nc1cc(-c2cccc(-n3cccn3)c2)[nH]n1. The Bertz CT molecular complexity index is 1250. The van der Waals surface area contributed by atoms with Crippen LogP contribution in [-0.4, -0.2) is 34.7 Å². The molecule has 2 heterocycles. The van der Waals surface area contributed by atoms with Crippen LogP contribution < -0.4 is 10.0 Å². The van der Waals surface area contributed by atoms with Gasteiger partial charge in [-0.05, 0) is 48.9 Å². The van der Waals surface area contributed by atoms with Crippen LogP contribution in [-0.2, 0) is 10.0 Å². The van der Waals surface area contributed by atoms with E-state index in [2.05, 4.69) is 25.3 Å². The predicted molar refractivity (Wildman–Crippen MR) is 114 cm³/mol. The number of hydrogen-bond acceptors (Lipinski definition) is 5. The molecule has 29 heavy (non-hydrogen) atoms. The molecule has 8 nitrogen and oxygen atoms in total. The van der Waals surface area contributed by atoms with E-state index in [1.54, 1.807) is 23.0 Å². The molecule has 0 bridgehead atoms. The summed E-state index contributed by atoms with van der Waals surface area (Å²) in [5, 5.41) is 14.9. The molecule has 0 spiro atoms. The lowest BCUT2D eigenvalue weighted by atomic mass is 10.1. The molecule has 0 atom stereocenters. The number of nitrogens with one attached hydrogen (secondary N) is 3. The van der Waals surface area contributed by atoms with Crippen molar-refractivity contribution in [1.82, 2.24) is 20.0 Å². The van der Waals surface area contributed by atoms with Crippen LogP contribution in [0.2, 0.25) is 0 Å². The third-order valence-corrected chi connectivity index (χ3v) is 4.90. The van der Waals surface area contributed by atoms with Crippen molar-refractivity contribution in [2.45, 2.75) is 6.92 Å². The van der Waals surface area contributed by atoms with E-state index in [0.717, 1.165) is 34.5 Å². The smallest absolute Gasteiger partial charge is 0.229 e. The zero-order valence-electron chi connectivity index (χ0n) is 15.9. The number of sulfonamides is 1. The van der Waals surface area contributed by atoms with Gasteiger partial charge < -0.3 is 5.32 Å². The van der Waals surface area contributed by atoms with Crippen molar-refractivity contribution in [3.8, 4) is 16.9 Å². The molecule has 2 aromatic heterocycles. The Morgan fingerprint density at radius 3 is 2.66 bits per heavy atom. The molecule has 2 aromatic carbocycles. The van der Waals surface area contributed by atoms with E-state index in [9.17, 15) is 8.42 Å². The summed E-state index contributed by atoms with van der Waals surface area (Å²) in [6.45, 7) is 1.90. The minimum Gasteiger partial charge on any atom is -0.339 e. The average molecular weight is 408 g/mol. The quantitative estimate of drug-likeness (QED) is 0.451. The number of nitrogens with zero attached hydrogens (tertiary/aromatic N) is 3. The van der Waals surface area contributed by atoms with Crippen molar-refractivity contribution in [2.75, 3.05) is 16.3 Å². The number of hydrogen-bond donors (Lipinski definition) is 3. The van der Waals surface area contributed by atoms with E-state index in [-0.39, 0.29) is 0 Å². The molecule has 0 unspecified atom stereocenters. The van der Waals surface area contributed by atoms with Crippen LogP contribution in [0, 0.1) is 6.92 Å². The van der Waals surface area contributed by atoms with Crippen LogP contribution in [0.4, 0.5) is 17.2 Å². The van der Waals surface area contributed by atoms with Gasteiger partial charge in [-0.3, -0.25) is 9.82 Å². The molecule has 0 radical (unpaired) electrons. The second-order valence-electron chi connectivity index (χ2n) is 6.70. The number of rotatable bonds is 6. The molecule has 0 aliphatic heterocycles. The lowest BCUT2D eigenvalue weighted by molar-refractivity contribution is 0.607. The maximum absolute atomic E-state index is 11.4. The topological polar surface area (TPSA) is 105 Å². The first kappa shape index (κ1) is 18.8. The lowest BCUT2D eigenvalue weighted by Crippen LogP contribution is -2.09. The van der Waals surface area contributed by atoms with Crippen molar-refractivity contribution in [3.05, 3.63) is 72.6 Å². The average Bonchev–Trinajstić information content (AvgIpc) is 3.35. The molecule has 0 saturated carbocycles.